The number of halogens is 1. The molecular weight excluding hydrogens is 653 g/mol. The maximum absolute atomic E-state index is 13.7. The van der Waals surface area contributed by atoms with Gasteiger partial charge < -0.3 is 34.6 Å². The van der Waals surface area contributed by atoms with Crippen molar-refractivity contribution >= 4 is 34.5 Å². The van der Waals surface area contributed by atoms with E-state index < -0.39 is 22.8 Å². The highest BCUT2D eigenvalue weighted by atomic mass is 19.1. The Labute approximate surface area is 294 Å². The van der Waals surface area contributed by atoms with Gasteiger partial charge in [-0.05, 0) is 74.9 Å². The zero-order valence-electron chi connectivity index (χ0n) is 28.8. The number of nitrogens with one attached hydrogen (secondary N) is 1. The molecule has 0 unspecified atom stereocenters. The molecular formula is C38H40FN7O5. The molecule has 0 atom stereocenters. The molecule has 0 radical (unpaired) electrons. The number of hydrogen-bond donors (Lipinski definition) is 2. The van der Waals surface area contributed by atoms with Crippen molar-refractivity contribution in [1.82, 2.24) is 24.0 Å². The van der Waals surface area contributed by atoms with E-state index in [-0.39, 0.29) is 17.7 Å². The number of aromatic nitrogens is 4. The molecule has 13 heteroatoms. The lowest BCUT2D eigenvalue weighted by atomic mass is 9.99. The molecule has 264 valence electrons. The Balaban J connectivity index is 1.13. The van der Waals surface area contributed by atoms with Gasteiger partial charge in [-0.2, -0.15) is 0 Å². The Morgan fingerprint density at radius 1 is 0.961 bits per heavy atom. The molecule has 0 aliphatic carbocycles. The fourth-order valence-electron chi connectivity index (χ4n) is 6.60. The first kappa shape index (κ1) is 33.9. The molecule has 2 amide bonds. The summed E-state index contributed by atoms with van der Waals surface area (Å²) in [6, 6.07) is 12.9. The van der Waals surface area contributed by atoms with E-state index in [0.717, 1.165) is 24.0 Å². The number of rotatable bonds is 7. The van der Waals surface area contributed by atoms with Crippen LogP contribution in [0.2, 0.25) is 0 Å². The van der Waals surface area contributed by atoms with Crippen LogP contribution in [0, 0.1) is 11.7 Å². The zero-order valence-corrected chi connectivity index (χ0v) is 28.8. The van der Waals surface area contributed by atoms with Crippen LogP contribution in [0.15, 0.2) is 78.2 Å². The first-order chi connectivity index (χ1) is 24.4. The van der Waals surface area contributed by atoms with E-state index in [0.29, 0.717) is 72.4 Å². The van der Waals surface area contributed by atoms with Crippen LogP contribution in [-0.2, 0) is 16.0 Å². The first-order valence-corrected chi connectivity index (χ1v) is 17.0. The largest absolute Gasteiger partial charge is 0.444 e. The Morgan fingerprint density at radius 3 is 2.31 bits per heavy atom. The van der Waals surface area contributed by atoms with Gasteiger partial charge in [0.05, 0.1) is 11.4 Å². The van der Waals surface area contributed by atoms with Crippen LogP contribution in [0.5, 0.6) is 0 Å². The van der Waals surface area contributed by atoms with E-state index in [1.165, 1.54) is 18.5 Å². The van der Waals surface area contributed by atoms with Gasteiger partial charge in [-0.25, -0.2) is 19.2 Å². The lowest BCUT2D eigenvalue weighted by Gasteiger charge is -2.40. The average Bonchev–Trinajstić information content (AvgIpc) is 3.45. The lowest BCUT2D eigenvalue weighted by molar-refractivity contribution is 0.00151. The van der Waals surface area contributed by atoms with Gasteiger partial charge in [0.2, 0.25) is 5.43 Å². The van der Waals surface area contributed by atoms with Crippen molar-refractivity contribution in [3.63, 3.8) is 0 Å². The van der Waals surface area contributed by atoms with Crippen LogP contribution in [0.3, 0.4) is 0 Å². The van der Waals surface area contributed by atoms with Crippen LogP contribution in [0.1, 0.15) is 50.0 Å². The van der Waals surface area contributed by atoms with E-state index in [1.54, 1.807) is 41.6 Å². The van der Waals surface area contributed by atoms with Crippen molar-refractivity contribution in [3.8, 4) is 22.3 Å². The van der Waals surface area contributed by atoms with Crippen LogP contribution in [0.25, 0.3) is 33.3 Å². The van der Waals surface area contributed by atoms with Crippen LogP contribution < -0.4 is 16.5 Å². The topological polar surface area (TPSA) is 147 Å². The summed E-state index contributed by atoms with van der Waals surface area (Å²) in [5.74, 6) is -0.297. The minimum absolute atomic E-state index is 0.0122. The van der Waals surface area contributed by atoms with Gasteiger partial charge in [0, 0.05) is 68.3 Å². The van der Waals surface area contributed by atoms with Crippen molar-refractivity contribution in [2.45, 2.75) is 51.8 Å². The maximum Gasteiger partial charge on any atom is 0.410 e. The number of nitrogens with two attached hydrogens (primary N) is 1. The fourth-order valence-corrected chi connectivity index (χ4v) is 6.60. The predicted molar refractivity (Wildman–Crippen MR) is 192 cm³/mol. The van der Waals surface area contributed by atoms with E-state index in [1.807, 2.05) is 48.2 Å². The number of carbonyl (C=O) groups excluding carboxylic acids is 2. The van der Waals surface area contributed by atoms with Gasteiger partial charge >= 0.3 is 6.09 Å². The molecule has 2 aliphatic heterocycles. The molecule has 0 saturated carbocycles. The van der Waals surface area contributed by atoms with Gasteiger partial charge in [0.25, 0.3) is 5.91 Å². The summed E-state index contributed by atoms with van der Waals surface area (Å²) in [4.78, 5) is 50.3. The fraction of sp³-hybridized carbons (Fsp3) is 0.342. The number of nitrogen functional groups attached to an aromatic ring is 1. The number of amides is 2. The van der Waals surface area contributed by atoms with E-state index in [4.69, 9.17) is 15.2 Å². The normalized spacial score (nSPS) is 15.5. The second-order valence-corrected chi connectivity index (χ2v) is 14.2. The standard InChI is InChI=1S/C38H40FN7O5/c1-38(2,3)51-37(49)45-17-28(18-45)46-21-29(32-34(40)41-22-42-35(32)46)24-6-10-27(11-7-24)43-36(48)31-20-44(16-23-12-14-50-15-13-23)19-30(33(31)47)25-4-8-26(39)9-5-25/h4-11,19-23,28H,12-18H2,1-3H3,(H,43,48)(H2,40,41,42). The number of ether oxygens (including phenoxy) is 2. The number of pyridine rings is 1. The third-order valence-corrected chi connectivity index (χ3v) is 9.29. The SMILES string of the molecule is CC(C)(C)OC(=O)N1CC(n2cc(-c3ccc(NC(=O)c4cn(CC5CCOCC5)cc(-c5ccc(F)cc5)c4=O)cc3)c3c(N)ncnc32)C1. The molecule has 2 fully saturated rings. The second kappa shape index (κ2) is 13.6. The minimum atomic E-state index is -0.583. The lowest BCUT2D eigenvalue weighted by Crippen LogP contribution is -2.52. The molecule has 0 bridgehead atoms. The predicted octanol–water partition coefficient (Wildman–Crippen LogP) is 6.12. The van der Waals surface area contributed by atoms with Crippen molar-refractivity contribution in [2.75, 3.05) is 37.4 Å². The van der Waals surface area contributed by atoms with Crippen molar-refractivity contribution in [1.29, 1.82) is 0 Å². The molecule has 5 aromatic rings. The zero-order chi connectivity index (χ0) is 35.9. The molecule has 2 aliphatic rings. The molecule has 2 aromatic carbocycles. The third-order valence-electron chi connectivity index (χ3n) is 9.29. The molecule has 0 spiro atoms. The van der Waals surface area contributed by atoms with Gasteiger partial charge in [-0.15, -0.1) is 0 Å². The number of benzene rings is 2. The summed E-state index contributed by atoms with van der Waals surface area (Å²) in [7, 11) is 0. The molecule has 12 nitrogen and oxygen atoms in total. The second-order valence-electron chi connectivity index (χ2n) is 14.2. The van der Waals surface area contributed by atoms with Gasteiger partial charge in [0.15, 0.2) is 0 Å². The van der Waals surface area contributed by atoms with E-state index in [2.05, 4.69) is 15.3 Å². The number of carbonyl (C=O) groups is 2. The first-order valence-electron chi connectivity index (χ1n) is 17.0. The number of fused-ring (bicyclic) bond motifs is 1. The van der Waals surface area contributed by atoms with Crippen LogP contribution in [0.4, 0.5) is 20.7 Å². The van der Waals surface area contributed by atoms with Crippen molar-refractivity contribution < 1.29 is 23.5 Å². The summed E-state index contributed by atoms with van der Waals surface area (Å²) in [5, 5.41) is 3.57. The summed E-state index contributed by atoms with van der Waals surface area (Å²) >= 11 is 0. The monoisotopic (exact) mass is 693 g/mol. The summed E-state index contributed by atoms with van der Waals surface area (Å²) < 4.78 is 28.6. The minimum Gasteiger partial charge on any atom is -0.444 e. The molecule has 2 saturated heterocycles. The molecule has 3 aromatic heterocycles. The molecule has 5 heterocycles. The summed E-state index contributed by atoms with van der Waals surface area (Å²) in [5.41, 5.74) is 8.94. The van der Waals surface area contributed by atoms with Gasteiger partial charge in [-0.3, -0.25) is 9.59 Å². The average molecular weight is 694 g/mol. The number of hydrogen-bond acceptors (Lipinski definition) is 8. The number of anilines is 2. The quantitative estimate of drug-likeness (QED) is 0.207. The van der Waals surface area contributed by atoms with Crippen LogP contribution in [-0.4, -0.2) is 67.9 Å². The highest BCUT2D eigenvalue weighted by Gasteiger charge is 2.36. The molecule has 3 N–H and O–H groups in total. The summed E-state index contributed by atoms with van der Waals surface area (Å²) in [6.07, 6.45) is 8.12. The maximum atomic E-state index is 13.7. The van der Waals surface area contributed by atoms with Crippen molar-refractivity contribution in [2.24, 2.45) is 5.92 Å². The molecule has 7 rings (SSSR count). The highest BCUT2D eigenvalue weighted by Crippen LogP contribution is 2.37. The van der Waals surface area contributed by atoms with Gasteiger partial charge in [-0.1, -0.05) is 24.3 Å². The molecule has 51 heavy (non-hydrogen) atoms. The Hall–Kier alpha value is -5.56. The van der Waals surface area contributed by atoms with Gasteiger partial charge in [0.1, 0.15) is 34.8 Å². The highest BCUT2D eigenvalue weighted by molar-refractivity contribution is 6.05. The Morgan fingerprint density at radius 2 is 1.63 bits per heavy atom. The Bertz CT molecular complexity index is 2140. The number of nitrogens with zero attached hydrogens (tertiary/aromatic N) is 5. The summed E-state index contributed by atoms with van der Waals surface area (Å²) in [6.45, 7) is 8.40. The van der Waals surface area contributed by atoms with Crippen molar-refractivity contribution in [3.05, 3.63) is 95.1 Å². The Kier molecular flexibility index (Phi) is 9.06. The van der Waals surface area contributed by atoms with Crippen LogP contribution >= 0.6 is 0 Å². The van der Waals surface area contributed by atoms with E-state index >= 15 is 0 Å². The number of likely N-dealkylation sites (tertiary alicyclic amines) is 1. The smallest absolute Gasteiger partial charge is 0.410 e. The van der Waals surface area contributed by atoms with E-state index in [9.17, 15) is 18.8 Å². The third kappa shape index (κ3) is 7.20.